The van der Waals surface area contributed by atoms with Gasteiger partial charge in [0.15, 0.2) is 0 Å². The quantitative estimate of drug-likeness (QED) is 0.508. The monoisotopic (exact) mass is 532 g/mol. The largest absolute Gasteiger partial charge is 0.544 e. The van der Waals surface area contributed by atoms with Crippen LogP contribution in [-0.4, -0.2) is 34.1 Å². The maximum Gasteiger partial charge on any atom is 0.0818 e. The van der Waals surface area contributed by atoms with E-state index in [1.54, 1.807) is 0 Å². The number of piperidine rings is 2. The Kier molecular flexibility index (Phi) is 8.36. The highest BCUT2D eigenvalue weighted by Crippen LogP contribution is 2.55. The van der Waals surface area contributed by atoms with E-state index in [0.717, 1.165) is 49.9 Å². The molecule has 7 heteroatoms. The number of thiophene rings is 1. The van der Waals surface area contributed by atoms with Crippen molar-refractivity contribution < 1.29 is 19.8 Å². The Hall–Kier alpha value is -1.44. The smallest absolute Gasteiger partial charge is 0.0818 e. The van der Waals surface area contributed by atoms with E-state index in [1.165, 1.54) is 0 Å². The molecule has 0 saturated carbocycles. The van der Waals surface area contributed by atoms with Gasteiger partial charge in [0.05, 0.1) is 21.7 Å². The van der Waals surface area contributed by atoms with Crippen LogP contribution in [0.3, 0.4) is 0 Å². The van der Waals surface area contributed by atoms with Gasteiger partial charge in [-0.2, -0.15) is 0 Å². The van der Waals surface area contributed by atoms with Crippen molar-refractivity contribution in [3.63, 3.8) is 0 Å². The molecule has 6 nitrogen and oxygen atoms in total. The molecule has 2 aliphatic heterocycles. The van der Waals surface area contributed by atoms with Crippen LogP contribution in [0.5, 0.6) is 0 Å². The predicted octanol–water partition coefficient (Wildman–Crippen LogP) is 4.58. The molecule has 3 rings (SSSR count). The van der Waals surface area contributed by atoms with E-state index < -0.39 is 11.9 Å². The Labute approximate surface area is 228 Å². The third-order valence-corrected chi connectivity index (χ3v) is 12.0. The number of nitrogens with one attached hydrogen (secondary N) is 2. The summed E-state index contributed by atoms with van der Waals surface area (Å²) in [5.74, 6) is -2.57. The Bertz CT molecular complexity index is 961. The Morgan fingerprint density at radius 2 is 1.05 bits per heavy atom. The average molecular weight is 533 g/mol. The summed E-state index contributed by atoms with van der Waals surface area (Å²) in [7, 11) is 0. The molecule has 0 radical (unpaired) electrons. The average Bonchev–Trinajstić information content (AvgIpc) is 3.25. The fourth-order valence-electron chi connectivity index (χ4n) is 7.41. The van der Waals surface area contributed by atoms with Crippen LogP contribution in [0.25, 0.3) is 0 Å². The first kappa shape index (κ1) is 30.1. The molecular weight excluding hydrogens is 484 g/mol. The number of carboxylic acids is 2. The van der Waals surface area contributed by atoms with Gasteiger partial charge in [-0.3, -0.25) is 0 Å². The minimum absolute atomic E-state index is 0.0759. The summed E-state index contributed by atoms with van der Waals surface area (Å²) in [4.78, 5) is 25.4. The molecule has 8 atom stereocenters. The molecule has 2 saturated heterocycles. The van der Waals surface area contributed by atoms with Crippen LogP contribution in [0, 0.1) is 11.8 Å². The summed E-state index contributed by atoms with van der Waals surface area (Å²) < 4.78 is 0. The number of carboxylic acid groups (broad SMARTS) is 2. The molecule has 0 bridgehead atoms. The van der Waals surface area contributed by atoms with Gasteiger partial charge in [-0.15, -0.1) is 11.3 Å². The number of hydrogen-bond acceptors (Lipinski definition) is 7. The maximum absolute atomic E-state index is 12.6. The molecule has 0 spiro atoms. The summed E-state index contributed by atoms with van der Waals surface area (Å²) in [6, 6.07) is 0. The normalized spacial score (nSPS) is 40.5. The zero-order valence-electron chi connectivity index (χ0n) is 24.6. The van der Waals surface area contributed by atoms with Gasteiger partial charge in [0, 0.05) is 22.2 Å². The molecule has 0 amide bonds. The number of carbonyl (C=O) groups is 2. The van der Waals surface area contributed by atoms with Crippen molar-refractivity contribution in [2.75, 3.05) is 0 Å². The minimum atomic E-state index is -1.28. The third kappa shape index (κ3) is 5.12. The SMILES string of the molecule is CCC1(C)CC(c2c(C(=O)[O-])sc(C(=O)[O-])c2C2CC(C)(CC)NC(C)(CC)C2C)C(C)C(C)(CC)N1. The zero-order chi connectivity index (χ0) is 28.1. The molecule has 1 aromatic heterocycles. The topological polar surface area (TPSA) is 104 Å². The van der Waals surface area contributed by atoms with Crippen LogP contribution >= 0.6 is 11.3 Å². The summed E-state index contributed by atoms with van der Waals surface area (Å²) in [6.07, 6.45) is 5.05. The molecule has 2 N–H and O–H groups in total. The Morgan fingerprint density at radius 1 is 0.730 bits per heavy atom. The second kappa shape index (κ2) is 10.3. The van der Waals surface area contributed by atoms with Crippen LogP contribution in [0.2, 0.25) is 0 Å². The van der Waals surface area contributed by atoms with Crippen LogP contribution < -0.4 is 20.8 Å². The van der Waals surface area contributed by atoms with E-state index in [2.05, 4.69) is 79.9 Å². The highest BCUT2D eigenvalue weighted by molar-refractivity contribution is 7.16. The standard InChI is InChI=1S/C30H50N2O4S/c1-11-27(7)15-19(17(5)29(9,13-3)31-27)21-22(24(26(35)36)37-23(21)25(33)34)20-16-28(8,12-2)32-30(10,14-4)18(20)6/h17-20,31-32H,11-16H2,1-10H3,(H,33,34)(H,35,36)/p-2. The van der Waals surface area contributed by atoms with E-state index in [0.29, 0.717) is 11.1 Å². The van der Waals surface area contributed by atoms with Crippen molar-refractivity contribution in [1.82, 2.24) is 10.6 Å². The van der Waals surface area contributed by atoms with Gasteiger partial charge in [-0.25, -0.2) is 0 Å². The van der Waals surface area contributed by atoms with Crippen molar-refractivity contribution in [3.05, 3.63) is 20.9 Å². The van der Waals surface area contributed by atoms with Crippen molar-refractivity contribution in [3.8, 4) is 0 Å². The Balaban J connectivity index is 2.36. The van der Waals surface area contributed by atoms with E-state index >= 15 is 0 Å². The molecule has 37 heavy (non-hydrogen) atoms. The predicted molar refractivity (Wildman–Crippen MR) is 147 cm³/mol. The lowest BCUT2D eigenvalue weighted by atomic mass is 9.60. The van der Waals surface area contributed by atoms with Crippen LogP contribution in [0.4, 0.5) is 0 Å². The van der Waals surface area contributed by atoms with Gasteiger partial charge in [0.2, 0.25) is 0 Å². The van der Waals surface area contributed by atoms with Crippen molar-refractivity contribution >= 4 is 23.3 Å². The summed E-state index contributed by atoms with van der Waals surface area (Å²) in [5.41, 5.74) is 0.588. The van der Waals surface area contributed by atoms with Crippen LogP contribution in [0.15, 0.2) is 0 Å². The lowest BCUT2D eigenvalue weighted by Gasteiger charge is -2.56. The first-order valence-electron chi connectivity index (χ1n) is 14.2. The van der Waals surface area contributed by atoms with Crippen molar-refractivity contribution in [2.24, 2.45) is 11.8 Å². The van der Waals surface area contributed by atoms with Gasteiger partial charge in [0.1, 0.15) is 0 Å². The van der Waals surface area contributed by atoms with Crippen LogP contribution in [0.1, 0.15) is 150 Å². The minimum Gasteiger partial charge on any atom is -0.544 e. The molecule has 8 unspecified atom stereocenters. The zero-order valence-corrected chi connectivity index (χ0v) is 25.4. The number of hydrogen-bond donors (Lipinski definition) is 2. The van der Waals surface area contributed by atoms with Gasteiger partial charge >= 0.3 is 0 Å². The van der Waals surface area contributed by atoms with E-state index in [4.69, 9.17) is 0 Å². The van der Waals surface area contributed by atoms with Crippen LogP contribution in [-0.2, 0) is 0 Å². The van der Waals surface area contributed by atoms with E-state index in [1.807, 2.05) is 0 Å². The summed E-state index contributed by atoms with van der Waals surface area (Å²) in [5, 5.41) is 33.0. The fourth-order valence-corrected chi connectivity index (χ4v) is 8.52. The first-order chi connectivity index (χ1) is 17.0. The lowest BCUT2D eigenvalue weighted by molar-refractivity contribution is -0.255. The van der Waals surface area contributed by atoms with Crippen molar-refractivity contribution in [1.29, 1.82) is 0 Å². The molecule has 0 aromatic carbocycles. The number of carbonyl (C=O) groups excluding carboxylic acids is 2. The first-order valence-corrected chi connectivity index (χ1v) is 15.0. The fraction of sp³-hybridized carbons (Fsp3) is 0.800. The molecule has 0 aliphatic carbocycles. The molecule has 3 heterocycles. The van der Waals surface area contributed by atoms with Gasteiger partial charge in [0.25, 0.3) is 0 Å². The maximum atomic E-state index is 12.6. The summed E-state index contributed by atoms with van der Waals surface area (Å²) in [6.45, 7) is 21.9. The molecule has 1 aromatic rings. The molecular formula is C30H48N2O4S-2. The molecule has 210 valence electrons. The Morgan fingerprint density at radius 3 is 1.30 bits per heavy atom. The highest BCUT2D eigenvalue weighted by Gasteiger charge is 2.52. The number of aromatic carboxylic acids is 2. The van der Waals surface area contributed by atoms with E-state index in [-0.39, 0.29) is 55.6 Å². The second-order valence-electron chi connectivity index (χ2n) is 13.0. The second-order valence-corrected chi connectivity index (χ2v) is 14.0. The van der Waals surface area contributed by atoms with Gasteiger partial charge < -0.3 is 30.4 Å². The highest BCUT2D eigenvalue weighted by atomic mass is 32.1. The summed E-state index contributed by atoms with van der Waals surface area (Å²) >= 11 is 0.860. The van der Waals surface area contributed by atoms with E-state index in [9.17, 15) is 19.8 Å². The number of rotatable bonds is 8. The van der Waals surface area contributed by atoms with Crippen molar-refractivity contribution in [2.45, 2.75) is 142 Å². The lowest BCUT2D eigenvalue weighted by Crippen LogP contribution is -2.64. The molecule has 2 aliphatic rings. The van der Waals surface area contributed by atoms with Gasteiger partial charge in [-0.1, -0.05) is 41.5 Å². The van der Waals surface area contributed by atoms with Gasteiger partial charge in [-0.05, 0) is 101 Å². The molecule has 2 fully saturated rings. The third-order valence-electron chi connectivity index (χ3n) is 10.9.